The average molecular weight is 296 g/mol. The summed E-state index contributed by atoms with van der Waals surface area (Å²) in [5.74, 6) is -0.926. The summed E-state index contributed by atoms with van der Waals surface area (Å²) in [6, 6.07) is 0.611. The molecule has 2 N–H and O–H groups in total. The smallest absolute Gasteiger partial charge is 0.317 e. The van der Waals surface area contributed by atoms with Gasteiger partial charge in [0, 0.05) is 18.6 Å². The van der Waals surface area contributed by atoms with E-state index in [1.54, 1.807) is 0 Å². The second-order valence-electron chi connectivity index (χ2n) is 6.57. The standard InChI is InChI=1S/C16H28N2O3/c1-3-13-9-8-11(2)18(13)16(21)17-10-12-6-4-5-7-14(12)15(19)20/h11-14H,3-10H2,1-2H3,(H,17,21)(H,19,20). The largest absolute Gasteiger partial charge is 0.481 e. The molecular formula is C16H28N2O3. The molecular weight excluding hydrogens is 268 g/mol. The molecule has 1 saturated carbocycles. The van der Waals surface area contributed by atoms with Crippen LogP contribution in [-0.2, 0) is 4.79 Å². The third-order valence-corrected chi connectivity index (χ3v) is 5.23. The molecule has 4 unspecified atom stereocenters. The first kappa shape index (κ1) is 16.1. The molecule has 2 fully saturated rings. The van der Waals surface area contributed by atoms with Crippen molar-refractivity contribution in [1.82, 2.24) is 10.2 Å². The zero-order chi connectivity index (χ0) is 15.4. The van der Waals surface area contributed by atoms with E-state index >= 15 is 0 Å². The number of urea groups is 1. The van der Waals surface area contributed by atoms with Crippen molar-refractivity contribution >= 4 is 12.0 Å². The van der Waals surface area contributed by atoms with E-state index in [2.05, 4.69) is 19.2 Å². The Hall–Kier alpha value is -1.26. The molecule has 1 aliphatic carbocycles. The zero-order valence-electron chi connectivity index (χ0n) is 13.2. The maximum absolute atomic E-state index is 12.4. The fourth-order valence-electron chi connectivity index (χ4n) is 3.93. The quantitative estimate of drug-likeness (QED) is 0.838. The maximum atomic E-state index is 12.4. The number of likely N-dealkylation sites (tertiary alicyclic amines) is 1. The molecule has 0 aromatic carbocycles. The van der Waals surface area contributed by atoms with Gasteiger partial charge in [-0.05, 0) is 44.9 Å². The summed E-state index contributed by atoms with van der Waals surface area (Å²) in [5.41, 5.74) is 0. The van der Waals surface area contributed by atoms with Crippen LogP contribution in [0.25, 0.3) is 0 Å². The Labute approximate surface area is 127 Å². The minimum atomic E-state index is -0.713. The lowest BCUT2D eigenvalue weighted by Gasteiger charge is -2.32. The van der Waals surface area contributed by atoms with Crippen molar-refractivity contribution in [2.24, 2.45) is 11.8 Å². The van der Waals surface area contributed by atoms with E-state index in [1.807, 2.05) is 4.90 Å². The Bertz CT molecular complexity index is 386. The molecule has 1 heterocycles. The first-order chi connectivity index (χ1) is 10.0. The predicted octanol–water partition coefficient (Wildman–Crippen LogP) is 2.85. The predicted molar refractivity (Wildman–Crippen MR) is 81.1 cm³/mol. The van der Waals surface area contributed by atoms with Crippen LogP contribution in [0.4, 0.5) is 4.79 Å². The number of nitrogens with one attached hydrogen (secondary N) is 1. The molecule has 5 heteroatoms. The van der Waals surface area contributed by atoms with Gasteiger partial charge in [-0.2, -0.15) is 0 Å². The van der Waals surface area contributed by atoms with Gasteiger partial charge in [-0.1, -0.05) is 19.8 Å². The molecule has 21 heavy (non-hydrogen) atoms. The molecule has 120 valence electrons. The normalized spacial score (nSPS) is 33.0. The molecule has 0 radical (unpaired) electrons. The summed E-state index contributed by atoms with van der Waals surface area (Å²) in [6.45, 7) is 4.70. The minimum Gasteiger partial charge on any atom is -0.481 e. The van der Waals surface area contributed by atoms with Crippen LogP contribution in [-0.4, -0.2) is 40.6 Å². The van der Waals surface area contributed by atoms with Crippen molar-refractivity contribution in [3.05, 3.63) is 0 Å². The number of hydrogen-bond acceptors (Lipinski definition) is 2. The monoisotopic (exact) mass is 296 g/mol. The summed E-state index contributed by atoms with van der Waals surface area (Å²) >= 11 is 0. The van der Waals surface area contributed by atoms with Gasteiger partial charge in [-0.25, -0.2) is 4.79 Å². The van der Waals surface area contributed by atoms with E-state index in [0.717, 1.165) is 44.9 Å². The van der Waals surface area contributed by atoms with Crippen molar-refractivity contribution in [3.63, 3.8) is 0 Å². The number of rotatable bonds is 4. The van der Waals surface area contributed by atoms with Gasteiger partial charge in [0.05, 0.1) is 5.92 Å². The van der Waals surface area contributed by atoms with E-state index < -0.39 is 5.97 Å². The Morgan fingerprint density at radius 2 is 1.90 bits per heavy atom. The third-order valence-electron chi connectivity index (χ3n) is 5.23. The third kappa shape index (κ3) is 3.69. The number of nitrogens with zero attached hydrogens (tertiary/aromatic N) is 1. The molecule has 0 aromatic heterocycles. The van der Waals surface area contributed by atoms with Gasteiger partial charge in [0.15, 0.2) is 0 Å². The molecule has 2 aliphatic rings. The molecule has 1 aliphatic heterocycles. The second-order valence-corrected chi connectivity index (χ2v) is 6.57. The van der Waals surface area contributed by atoms with E-state index in [1.165, 1.54) is 0 Å². The highest BCUT2D eigenvalue weighted by molar-refractivity contribution is 5.75. The summed E-state index contributed by atoms with van der Waals surface area (Å²) in [5, 5.41) is 12.3. The molecule has 4 atom stereocenters. The topological polar surface area (TPSA) is 69.6 Å². The van der Waals surface area contributed by atoms with Crippen LogP contribution in [0.3, 0.4) is 0 Å². The van der Waals surface area contributed by atoms with Gasteiger partial charge in [-0.3, -0.25) is 4.79 Å². The van der Waals surface area contributed by atoms with E-state index in [4.69, 9.17) is 0 Å². The van der Waals surface area contributed by atoms with Crippen LogP contribution < -0.4 is 5.32 Å². The van der Waals surface area contributed by atoms with Crippen molar-refractivity contribution in [3.8, 4) is 0 Å². The highest BCUT2D eigenvalue weighted by Gasteiger charge is 2.35. The van der Waals surface area contributed by atoms with Crippen molar-refractivity contribution < 1.29 is 14.7 Å². The van der Waals surface area contributed by atoms with Crippen LogP contribution in [0.5, 0.6) is 0 Å². The van der Waals surface area contributed by atoms with E-state index in [0.29, 0.717) is 12.6 Å². The number of carboxylic acids is 1. The van der Waals surface area contributed by atoms with Crippen molar-refractivity contribution in [1.29, 1.82) is 0 Å². The molecule has 2 rings (SSSR count). The number of aliphatic carboxylic acids is 1. The Kier molecular flexibility index (Phi) is 5.48. The van der Waals surface area contributed by atoms with E-state index in [9.17, 15) is 14.7 Å². The van der Waals surface area contributed by atoms with E-state index in [-0.39, 0.29) is 23.9 Å². The Balaban J connectivity index is 1.89. The van der Waals surface area contributed by atoms with Gasteiger partial charge in [0.25, 0.3) is 0 Å². The fourth-order valence-corrected chi connectivity index (χ4v) is 3.93. The van der Waals surface area contributed by atoms with Gasteiger partial charge in [-0.15, -0.1) is 0 Å². The zero-order valence-corrected chi connectivity index (χ0v) is 13.2. The van der Waals surface area contributed by atoms with Gasteiger partial charge in [0.2, 0.25) is 0 Å². The van der Waals surface area contributed by atoms with Crippen LogP contribution in [0.15, 0.2) is 0 Å². The summed E-state index contributed by atoms with van der Waals surface area (Å²) in [7, 11) is 0. The number of carbonyl (C=O) groups is 2. The first-order valence-corrected chi connectivity index (χ1v) is 8.33. The van der Waals surface area contributed by atoms with Crippen LogP contribution in [0.1, 0.15) is 58.8 Å². The maximum Gasteiger partial charge on any atom is 0.317 e. The minimum absolute atomic E-state index is 0.0124. The van der Waals surface area contributed by atoms with Crippen LogP contribution >= 0.6 is 0 Å². The van der Waals surface area contributed by atoms with Crippen molar-refractivity contribution in [2.45, 2.75) is 70.9 Å². The molecule has 1 saturated heterocycles. The lowest BCUT2D eigenvalue weighted by atomic mass is 9.79. The molecule has 2 amide bonds. The number of carbonyl (C=O) groups excluding carboxylic acids is 1. The SMILES string of the molecule is CCC1CCC(C)N1C(=O)NCC1CCCCC1C(=O)O. The number of carboxylic acid groups (broad SMARTS) is 1. The van der Waals surface area contributed by atoms with Gasteiger partial charge >= 0.3 is 12.0 Å². The highest BCUT2D eigenvalue weighted by Crippen LogP contribution is 2.30. The van der Waals surface area contributed by atoms with Gasteiger partial charge < -0.3 is 15.3 Å². The molecule has 0 bridgehead atoms. The summed E-state index contributed by atoms with van der Waals surface area (Å²) in [4.78, 5) is 25.7. The highest BCUT2D eigenvalue weighted by atomic mass is 16.4. The lowest BCUT2D eigenvalue weighted by molar-refractivity contribution is -0.144. The average Bonchev–Trinajstić information content (AvgIpc) is 2.86. The Morgan fingerprint density at radius 3 is 2.57 bits per heavy atom. The Morgan fingerprint density at radius 1 is 1.19 bits per heavy atom. The van der Waals surface area contributed by atoms with Crippen LogP contribution in [0, 0.1) is 11.8 Å². The molecule has 5 nitrogen and oxygen atoms in total. The van der Waals surface area contributed by atoms with Crippen LogP contribution in [0.2, 0.25) is 0 Å². The second kappa shape index (κ2) is 7.14. The number of hydrogen-bond donors (Lipinski definition) is 2. The van der Waals surface area contributed by atoms with Crippen molar-refractivity contribution in [2.75, 3.05) is 6.54 Å². The number of amides is 2. The first-order valence-electron chi connectivity index (χ1n) is 8.33. The van der Waals surface area contributed by atoms with Gasteiger partial charge in [0.1, 0.15) is 0 Å². The molecule has 0 spiro atoms. The summed E-state index contributed by atoms with van der Waals surface area (Å²) < 4.78 is 0. The fraction of sp³-hybridized carbons (Fsp3) is 0.875. The lowest BCUT2D eigenvalue weighted by Crippen LogP contribution is -2.48. The summed E-state index contributed by atoms with van der Waals surface area (Å²) in [6.07, 6.45) is 6.83. The molecule has 0 aromatic rings.